The molecule has 1 unspecified atom stereocenters. The van der Waals surface area contributed by atoms with E-state index in [0.717, 1.165) is 13.1 Å². The molecule has 3 rings (SSSR count). The third-order valence-corrected chi connectivity index (χ3v) is 3.67. The molecule has 1 aromatic heterocycles. The molecule has 0 spiro atoms. The molecule has 2 N–H and O–H groups in total. The Morgan fingerprint density at radius 1 is 1.25 bits per heavy atom. The average molecular weight is 214 g/mol. The number of hydrogen-bond donors (Lipinski definition) is 2. The Kier molecular flexibility index (Phi) is 2.25. The second kappa shape index (κ2) is 3.63. The van der Waals surface area contributed by atoms with Gasteiger partial charge < -0.3 is 10.3 Å². The first-order valence-electron chi connectivity index (χ1n) is 6.05. The molecule has 0 aliphatic carbocycles. The standard InChI is InChI=1S/C14H18N2/c1-9-3-4-12(11-5-6-15-8-11)13-7-10(2)16-14(9)13/h3-4,7,11,15-16H,5-6,8H2,1-2H3. The number of nitrogens with one attached hydrogen (secondary N) is 2. The number of aromatic nitrogens is 1. The summed E-state index contributed by atoms with van der Waals surface area (Å²) in [6.07, 6.45) is 1.27. The van der Waals surface area contributed by atoms with Gasteiger partial charge >= 0.3 is 0 Å². The van der Waals surface area contributed by atoms with E-state index in [2.05, 4.69) is 42.3 Å². The number of hydrogen-bond acceptors (Lipinski definition) is 1. The maximum atomic E-state index is 3.47. The van der Waals surface area contributed by atoms with Crippen molar-refractivity contribution in [2.75, 3.05) is 13.1 Å². The van der Waals surface area contributed by atoms with Gasteiger partial charge in [-0.25, -0.2) is 0 Å². The highest BCUT2D eigenvalue weighted by atomic mass is 14.9. The highest BCUT2D eigenvalue weighted by Gasteiger charge is 2.19. The summed E-state index contributed by atoms with van der Waals surface area (Å²) in [4.78, 5) is 3.47. The maximum Gasteiger partial charge on any atom is 0.0488 e. The van der Waals surface area contributed by atoms with Gasteiger partial charge in [-0.05, 0) is 49.9 Å². The summed E-state index contributed by atoms with van der Waals surface area (Å²) in [5.74, 6) is 0.693. The lowest BCUT2D eigenvalue weighted by Gasteiger charge is -2.11. The second-order valence-corrected chi connectivity index (χ2v) is 4.90. The molecule has 1 fully saturated rings. The van der Waals surface area contributed by atoms with Crippen LogP contribution in [0, 0.1) is 13.8 Å². The van der Waals surface area contributed by atoms with E-state index in [1.165, 1.54) is 34.1 Å². The normalized spacial score (nSPS) is 20.8. The first kappa shape index (κ1) is 9.91. The van der Waals surface area contributed by atoms with Gasteiger partial charge in [0, 0.05) is 23.1 Å². The van der Waals surface area contributed by atoms with Crippen LogP contribution in [0.3, 0.4) is 0 Å². The molecule has 2 nitrogen and oxygen atoms in total. The predicted octanol–water partition coefficient (Wildman–Crippen LogP) is 2.86. The number of rotatable bonds is 1. The van der Waals surface area contributed by atoms with Crippen LogP contribution in [0.5, 0.6) is 0 Å². The molecule has 1 atom stereocenters. The van der Waals surface area contributed by atoms with E-state index in [-0.39, 0.29) is 0 Å². The minimum Gasteiger partial charge on any atom is -0.358 e. The van der Waals surface area contributed by atoms with Gasteiger partial charge in [0.05, 0.1) is 0 Å². The van der Waals surface area contributed by atoms with Crippen molar-refractivity contribution < 1.29 is 0 Å². The van der Waals surface area contributed by atoms with Gasteiger partial charge in [0.2, 0.25) is 0 Å². The first-order chi connectivity index (χ1) is 7.75. The van der Waals surface area contributed by atoms with Crippen molar-refractivity contribution in [1.29, 1.82) is 0 Å². The molecule has 2 heteroatoms. The maximum absolute atomic E-state index is 3.47. The molecule has 1 saturated heterocycles. The Morgan fingerprint density at radius 3 is 2.88 bits per heavy atom. The monoisotopic (exact) mass is 214 g/mol. The lowest BCUT2D eigenvalue weighted by Crippen LogP contribution is -2.08. The molecule has 2 heterocycles. The van der Waals surface area contributed by atoms with E-state index < -0.39 is 0 Å². The largest absolute Gasteiger partial charge is 0.358 e. The van der Waals surface area contributed by atoms with Crippen molar-refractivity contribution in [1.82, 2.24) is 10.3 Å². The van der Waals surface area contributed by atoms with E-state index >= 15 is 0 Å². The van der Waals surface area contributed by atoms with Crippen LogP contribution in [0.4, 0.5) is 0 Å². The predicted molar refractivity (Wildman–Crippen MR) is 68.0 cm³/mol. The number of H-pyrrole nitrogens is 1. The smallest absolute Gasteiger partial charge is 0.0488 e. The van der Waals surface area contributed by atoms with Crippen LogP contribution in [0.15, 0.2) is 18.2 Å². The van der Waals surface area contributed by atoms with E-state index in [0.29, 0.717) is 5.92 Å². The van der Waals surface area contributed by atoms with Gasteiger partial charge in [-0.3, -0.25) is 0 Å². The molecule has 2 aromatic rings. The summed E-state index contributed by atoms with van der Waals surface area (Å²) in [6.45, 7) is 6.59. The zero-order chi connectivity index (χ0) is 11.1. The van der Waals surface area contributed by atoms with Gasteiger partial charge in [-0.1, -0.05) is 12.1 Å². The molecule has 0 amide bonds. The first-order valence-corrected chi connectivity index (χ1v) is 6.05. The highest BCUT2D eigenvalue weighted by molar-refractivity contribution is 5.87. The van der Waals surface area contributed by atoms with Crippen LogP contribution in [-0.2, 0) is 0 Å². The molecule has 0 radical (unpaired) electrons. The van der Waals surface area contributed by atoms with E-state index in [1.807, 2.05) is 0 Å². The Labute approximate surface area is 96.1 Å². The van der Waals surface area contributed by atoms with E-state index in [1.54, 1.807) is 0 Å². The van der Waals surface area contributed by atoms with Crippen molar-refractivity contribution in [2.45, 2.75) is 26.2 Å². The number of aromatic amines is 1. The lowest BCUT2D eigenvalue weighted by molar-refractivity contribution is 0.770. The molecule has 0 bridgehead atoms. The molecule has 0 saturated carbocycles. The van der Waals surface area contributed by atoms with E-state index in [4.69, 9.17) is 0 Å². The Hall–Kier alpha value is -1.28. The van der Waals surface area contributed by atoms with Crippen LogP contribution in [0.1, 0.15) is 29.2 Å². The van der Waals surface area contributed by atoms with Crippen molar-refractivity contribution in [2.24, 2.45) is 0 Å². The van der Waals surface area contributed by atoms with Gasteiger partial charge in [-0.15, -0.1) is 0 Å². The zero-order valence-electron chi connectivity index (χ0n) is 9.93. The molecule has 16 heavy (non-hydrogen) atoms. The third-order valence-electron chi connectivity index (χ3n) is 3.67. The molecule has 1 aliphatic heterocycles. The number of aryl methyl sites for hydroxylation is 2. The zero-order valence-corrected chi connectivity index (χ0v) is 9.93. The summed E-state index contributed by atoms with van der Waals surface area (Å²) in [5, 5.41) is 4.87. The minimum absolute atomic E-state index is 0.693. The fraction of sp³-hybridized carbons (Fsp3) is 0.429. The molecular weight excluding hydrogens is 196 g/mol. The Balaban J connectivity index is 2.20. The number of benzene rings is 1. The van der Waals surface area contributed by atoms with Crippen LogP contribution in [0.2, 0.25) is 0 Å². The van der Waals surface area contributed by atoms with Crippen molar-refractivity contribution >= 4 is 10.9 Å². The SMILES string of the molecule is Cc1cc2c(C3CCNC3)ccc(C)c2[nH]1. The van der Waals surface area contributed by atoms with Gasteiger partial charge in [0.25, 0.3) is 0 Å². The summed E-state index contributed by atoms with van der Waals surface area (Å²) < 4.78 is 0. The second-order valence-electron chi connectivity index (χ2n) is 4.90. The van der Waals surface area contributed by atoms with Crippen molar-refractivity contribution in [3.63, 3.8) is 0 Å². The lowest BCUT2D eigenvalue weighted by atomic mass is 9.94. The van der Waals surface area contributed by atoms with Crippen LogP contribution in [0.25, 0.3) is 10.9 Å². The van der Waals surface area contributed by atoms with Gasteiger partial charge in [0.15, 0.2) is 0 Å². The quantitative estimate of drug-likeness (QED) is 0.750. The van der Waals surface area contributed by atoms with Crippen LogP contribution in [-0.4, -0.2) is 18.1 Å². The summed E-state index contributed by atoms with van der Waals surface area (Å²) >= 11 is 0. The molecule has 1 aliphatic rings. The van der Waals surface area contributed by atoms with Gasteiger partial charge in [0.1, 0.15) is 0 Å². The summed E-state index contributed by atoms with van der Waals surface area (Å²) in [6, 6.07) is 6.84. The Morgan fingerprint density at radius 2 is 2.12 bits per heavy atom. The van der Waals surface area contributed by atoms with Crippen molar-refractivity contribution in [3.05, 3.63) is 35.0 Å². The van der Waals surface area contributed by atoms with Crippen LogP contribution < -0.4 is 5.32 Å². The minimum atomic E-state index is 0.693. The Bertz CT molecular complexity index is 519. The third kappa shape index (κ3) is 1.45. The highest BCUT2D eigenvalue weighted by Crippen LogP contribution is 2.31. The molecular formula is C14H18N2. The van der Waals surface area contributed by atoms with Crippen molar-refractivity contribution in [3.8, 4) is 0 Å². The fourth-order valence-corrected chi connectivity index (χ4v) is 2.79. The summed E-state index contributed by atoms with van der Waals surface area (Å²) in [5.41, 5.74) is 5.44. The average Bonchev–Trinajstić information content (AvgIpc) is 2.87. The van der Waals surface area contributed by atoms with Crippen LogP contribution >= 0.6 is 0 Å². The van der Waals surface area contributed by atoms with Gasteiger partial charge in [-0.2, -0.15) is 0 Å². The topological polar surface area (TPSA) is 27.8 Å². The number of fused-ring (bicyclic) bond motifs is 1. The fourth-order valence-electron chi connectivity index (χ4n) is 2.79. The summed E-state index contributed by atoms with van der Waals surface area (Å²) in [7, 11) is 0. The van der Waals surface area contributed by atoms with E-state index in [9.17, 15) is 0 Å². The molecule has 84 valence electrons. The molecule has 1 aromatic carbocycles.